The number of nitrogens with zero attached hydrogens (tertiary/aromatic N) is 1. The first-order valence-electron chi connectivity index (χ1n) is 8.25. The number of hydrogen-bond acceptors (Lipinski definition) is 4. The highest BCUT2D eigenvalue weighted by molar-refractivity contribution is 9.10. The number of likely N-dealkylation sites (tertiary alicyclic amines) is 1. The number of halogens is 2. The van der Waals surface area contributed by atoms with E-state index in [0.29, 0.717) is 10.8 Å². The van der Waals surface area contributed by atoms with Crippen LogP contribution in [0.4, 0.5) is 4.79 Å². The van der Waals surface area contributed by atoms with Crippen LogP contribution in [0.2, 0.25) is 5.02 Å². The molecule has 26 heavy (non-hydrogen) atoms. The minimum atomic E-state index is -1.08. The second-order valence-corrected chi connectivity index (χ2v) is 8.58. The number of carbonyl (C=O) groups is 2. The number of carboxylic acid groups (broad SMARTS) is 1. The summed E-state index contributed by atoms with van der Waals surface area (Å²) in [5, 5.41) is 10.1. The van der Waals surface area contributed by atoms with Gasteiger partial charge in [0, 0.05) is 11.4 Å². The highest BCUT2D eigenvalue weighted by atomic mass is 79.9. The Hall–Kier alpha value is -1.47. The van der Waals surface area contributed by atoms with Gasteiger partial charge in [-0.1, -0.05) is 11.6 Å². The third-order valence-electron chi connectivity index (χ3n) is 4.04. The topological polar surface area (TPSA) is 76.1 Å². The molecular formula is C18H23BrClNO5. The molecule has 6 nitrogen and oxygen atoms in total. The molecule has 0 spiro atoms. The maximum absolute atomic E-state index is 12.4. The molecule has 1 aromatic rings. The van der Waals surface area contributed by atoms with Crippen LogP contribution in [0.25, 0.3) is 0 Å². The van der Waals surface area contributed by atoms with Crippen LogP contribution >= 0.6 is 27.5 Å². The van der Waals surface area contributed by atoms with Gasteiger partial charge in [-0.2, -0.15) is 0 Å². The predicted molar refractivity (Wildman–Crippen MR) is 102 cm³/mol. The first kappa shape index (κ1) is 20.8. The van der Waals surface area contributed by atoms with Crippen LogP contribution in [-0.4, -0.2) is 46.4 Å². The zero-order valence-electron chi connectivity index (χ0n) is 15.4. The van der Waals surface area contributed by atoms with Gasteiger partial charge >= 0.3 is 12.1 Å². The number of carbonyl (C=O) groups excluding carboxylic acids is 1. The Labute approximate surface area is 166 Å². The quantitative estimate of drug-likeness (QED) is 0.733. The number of ether oxygens (including phenoxy) is 2. The minimum Gasteiger partial charge on any atom is -0.487 e. The molecule has 1 N–H and O–H groups in total. The van der Waals surface area contributed by atoms with Crippen LogP contribution < -0.4 is 4.74 Å². The molecule has 8 heteroatoms. The fourth-order valence-corrected chi connectivity index (χ4v) is 3.47. The van der Waals surface area contributed by atoms with Gasteiger partial charge in [0.05, 0.1) is 11.0 Å². The monoisotopic (exact) mass is 447 g/mol. The van der Waals surface area contributed by atoms with Crippen LogP contribution in [0.3, 0.4) is 0 Å². The number of amides is 1. The van der Waals surface area contributed by atoms with Crippen LogP contribution in [-0.2, 0) is 9.53 Å². The fraction of sp³-hybridized carbons (Fsp3) is 0.556. The third-order valence-corrected chi connectivity index (χ3v) is 5.61. The zero-order valence-corrected chi connectivity index (χ0v) is 17.8. The van der Waals surface area contributed by atoms with Gasteiger partial charge in [0.15, 0.2) is 0 Å². The Kier molecular flexibility index (Phi) is 6.13. The fourth-order valence-electron chi connectivity index (χ4n) is 2.80. The molecule has 0 bridgehead atoms. The van der Waals surface area contributed by atoms with Crippen molar-refractivity contribution >= 4 is 39.6 Å². The summed E-state index contributed by atoms with van der Waals surface area (Å²) in [4.78, 5) is 25.1. The number of rotatable bonds is 3. The number of aliphatic carboxylic acids is 1. The van der Waals surface area contributed by atoms with Crippen molar-refractivity contribution in [3.05, 3.63) is 26.7 Å². The summed E-state index contributed by atoms with van der Waals surface area (Å²) in [6.45, 7) is 9.09. The summed E-state index contributed by atoms with van der Waals surface area (Å²) in [5.41, 5.74) is 1.00. The van der Waals surface area contributed by atoms with E-state index < -0.39 is 29.8 Å². The van der Waals surface area contributed by atoms with Crippen molar-refractivity contribution in [2.45, 2.75) is 58.8 Å². The van der Waals surface area contributed by atoms with Gasteiger partial charge in [-0.25, -0.2) is 9.59 Å². The van der Waals surface area contributed by atoms with E-state index in [1.54, 1.807) is 26.8 Å². The SMILES string of the molecule is Cc1cc(OC2CC(C(=O)O)N(C(=O)OC(C)(C)C)C2)c(Br)c(C)c1Cl. The second-order valence-electron chi connectivity index (χ2n) is 7.41. The molecule has 0 saturated carbocycles. The molecule has 1 fully saturated rings. The van der Waals surface area contributed by atoms with Crippen LogP contribution in [0.1, 0.15) is 38.3 Å². The Morgan fingerprint density at radius 1 is 1.35 bits per heavy atom. The maximum Gasteiger partial charge on any atom is 0.411 e. The second kappa shape index (κ2) is 7.64. The number of carboxylic acids is 1. The third kappa shape index (κ3) is 4.62. The van der Waals surface area contributed by atoms with E-state index in [9.17, 15) is 14.7 Å². The number of hydrogen-bond donors (Lipinski definition) is 1. The Balaban J connectivity index is 2.20. The highest BCUT2D eigenvalue weighted by Crippen LogP contribution is 2.37. The summed E-state index contributed by atoms with van der Waals surface area (Å²) in [7, 11) is 0. The molecular weight excluding hydrogens is 426 g/mol. The summed E-state index contributed by atoms with van der Waals surface area (Å²) < 4.78 is 12.0. The Bertz CT molecular complexity index is 731. The molecule has 1 saturated heterocycles. The van der Waals surface area contributed by atoms with E-state index in [2.05, 4.69) is 15.9 Å². The van der Waals surface area contributed by atoms with Crippen molar-refractivity contribution in [2.24, 2.45) is 0 Å². The van der Waals surface area contributed by atoms with Crippen molar-refractivity contribution < 1.29 is 24.2 Å². The first-order valence-corrected chi connectivity index (χ1v) is 9.42. The van der Waals surface area contributed by atoms with Gasteiger partial charge in [-0.15, -0.1) is 0 Å². The lowest BCUT2D eigenvalue weighted by atomic mass is 10.1. The zero-order chi connectivity index (χ0) is 19.8. The average molecular weight is 449 g/mol. The molecule has 2 atom stereocenters. The minimum absolute atomic E-state index is 0.138. The largest absolute Gasteiger partial charge is 0.487 e. The van der Waals surface area contributed by atoms with Gasteiger partial charge < -0.3 is 14.6 Å². The summed E-state index contributed by atoms with van der Waals surface area (Å²) in [6, 6.07) is 0.814. The van der Waals surface area contributed by atoms with Crippen molar-refractivity contribution in [3.63, 3.8) is 0 Å². The van der Waals surface area contributed by atoms with E-state index in [0.717, 1.165) is 15.6 Å². The molecule has 0 aliphatic carbocycles. The van der Waals surface area contributed by atoms with Crippen LogP contribution in [0.5, 0.6) is 5.75 Å². The average Bonchev–Trinajstić information content (AvgIpc) is 2.93. The van der Waals surface area contributed by atoms with Gasteiger partial charge in [0.1, 0.15) is 23.5 Å². The van der Waals surface area contributed by atoms with Gasteiger partial charge in [-0.05, 0) is 67.7 Å². The highest BCUT2D eigenvalue weighted by Gasteiger charge is 2.42. The normalized spacial score (nSPS) is 20.2. The van der Waals surface area contributed by atoms with Crippen LogP contribution in [0.15, 0.2) is 10.5 Å². The molecule has 1 aromatic carbocycles. The lowest BCUT2D eigenvalue weighted by molar-refractivity contribution is -0.142. The lowest BCUT2D eigenvalue weighted by Gasteiger charge is -2.26. The first-order chi connectivity index (χ1) is 11.9. The number of aryl methyl sites for hydroxylation is 1. The van der Waals surface area contributed by atoms with Crippen molar-refractivity contribution in [1.82, 2.24) is 4.90 Å². The molecule has 1 aliphatic heterocycles. The smallest absolute Gasteiger partial charge is 0.411 e. The van der Waals surface area contributed by atoms with Gasteiger partial charge in [0.2, 0.25) is 0 Å². The summed E-state index contributed by atoms with van der Waals surface area (Å²) in [5.74, 6) is -0.505. The summed E-state index contributed by atoms with van der Waals surface area (Å²) >= 11 is 9.70. The molecule has 1 heterocycles. The van der Waals surface area contributed by atoms with E-state index in [4.69, 9.17) is 21.1 Å². The van der Waals surface area contributed by atoms with Crippen molar-refractivity contribution in [3.8, 4) is 5.75 Å². The maximum atomic E-state index is 12.4. The molecule has 2 rings (SSSR count). The molecule has 0 aromatic heterocycles. The number of benzene rings is 1. The van der Waals surface area contributed by atoms with E-state index in [1.807, 2.05) is 13.8 Å². The predicted octanol–water partition coefficient (Wildman–Crippen LogP) is 4.56. The molecule has 0 radical (unpaired) electrons. The van der Waals surface area contributed by atoms with Crippen LogP contribution in [0, 0.1) is 13.8 Å². The van der Waals surface area contributed by atoms with E-state index in [1.165, 1.54) is 4.90 Å². The lowest BCUT2D eigenvalue weighted by Crippen LogP contribution is -2.43. The molecule has 144 valence electrons. The Morgan fingerprint density at radius 2 is 1.96 bits per heavy atom. The van der Waals surface area contributed by atoms with E-state index >= 15 is 0 Å². The molecule has 1 aliphatic rings. The molecule has 1 amide bonds. The van der Waals surface area contributed by atoms with Crippen molar-refractivity contribution in [2.75, 3.05) is 6.54 Å². The van der Waals surface area contributed by atoms with Gasteiger partial charge in [-0.3, -0.25) is 4.90 Å². The van der Waals surface area contributed by atoms with E-state index in [-0.39, 0.29) is 13.0 Å². The summed E-state index contributed by atoms with van der Waals surface area (Å²) in [6.07, 6.45) is -0.930. The Morgan fingerprint density at radius 3 is 2.50 bits per heavy atom. The standard InChI is InChI=1S/C18H23BrClNO5/c1-9-6-13(14(19)10(2)15(9)20)25-11-7-12(16(22)23)21(8-11)17(24)26-18(3,4)5/h6,11-12H,7-8H2,1-5H3,(H,22,23). The van der Waals surface area contributed by atoms with Gasteiger partial charge in [0.25, 0.3) is 0 Å². The molecule has 2 unspecified atom stereocenters. The van der Waals surface area contributed by atoms with Crippen molar-refractivity contribution in [1.29, 1.82) is 0 Å².